The molecule has 0 spiro atoms. The Morgan fingerprint density at radius 3 is 2.55 bits per heavy atom. The molecule has 33 heavy (non-hydrogen) atoms. The van der Waals surface area contributed by atoms with Gasteiger partial charge in [0.2, 0.25) is 5.91 Å². The van der Waals surface area contributed by atoms with Crippen LogP contribution >= 0.6 is 15.9 Å². The minimum Gasteiger partial charge on any atom is -0.397 e. The summed E-state index contributed by atoms with van der Waals surface area (Å²) >= 11 is 3.33. The van der Waals surface area contributed by atoms with Gasteiger partial charge in [0.25, 0.3) is 11.8 Å². The van der Waals surface area contributed by atoms with Crippen LogP contribution in [0.1, 0.15) is 29.6 Å². The molecule has 3 aliphatic rings. The first kappa shape index (κ1) is 23.5. The lowest BCUT2D eigenvalue weighted by molar-refractivity contribution is -0.123. The fourth-order valence-corrected chi connectivity index (χ4v) is 4.96. The van der Waals surface area contributed by atoms with E-state index in [2.05, 4.69) is 26.6 Å². The van der Waals surface area contributed by atoms with Crippen LogP contribution in [0.25, 0.3) is 0 Å². The van der Waals surface area contributed by atoms with Crippen molar-refractivity contribution in [3.8, 4) is 0 Å². The van der Waals surface area contributed by atoms with E-state index >= 15 is 0 Å². The van der Waals surface area contributed by atoms with Crippen molar-refractivity contribution < 1.29 is 23.2 Å². The van der Waals surface area contributed by atoms with E-state index in [9.17, 15) is 23.2 Å². The summed E-state index contributed by atoms with van der Waals surface area (Å²) in [4.78, 5) is 41.5. The van der Waals surface area contributed by atoms with Crippen LogP contribution in [0.2, 0.25) is 0 Å². The van der Waals surface area contributed by atoms with Gasteiger partial charge in [0.1, 0.15) is 12.6 Å². The highest BCUT2D eigenvalue weighted by Gasteiger charge is 2.51. The maximum Gasteiger partial charge on any atom is 0.320 e. The largest absolute Gasteiger partial charge is 0.397 e. The predicted octanol–water partition coefficient (Wildman–Crippen LogP) is 1.94. The Morgan fingerprint density at radius 1 is 1.12 bits per heavy atom. The van der Waals surface area contributed by atoms with Crippen molar-refractivity contribution in [1.29, 1.82) is 0 Å². The number of piperidine rings is 1. The van der Waals surface area contributed by atoms with Crippen LogP contribution in [0, 0.1) is 0 Å². The summed E-state index contributed by atoms with van der Waals surface area (Å²) < 4.78 is 30.5. The molecule has 0 saturated carbocycles. The molecule has 3 heterocycles. The van der Waals surface area contributed by atoms with E-state index in [4.69, 9.17) is 5.73 Å². The second-order valence-electron chi connectivity index (χ2n) is 8.66. The van der Waals surface area contributed by atoms with Crippen molar-refractivity contribution in [3.05, 3.63) is 22.2 Å². The third-order valence-corrected chi connectivity index (χ3v) is 6.68. The zero-order valence-electron chi connectivity index (χ0n) is 18.1. The Balaban J connectivity index is 1.54. The molecule has 12 heteroatoms. The number of alkyl halides is 2. The van der Waals surface area contributed by atoms with Gasteiger partial charge in [-0.2, -0.15) is 0 Å². The summed E-state index contributed by atoms with van der Waals surface area (Å²) in [6.45, 7) is 0.538. The van der Waals surface area contributed by atoms with Crippen LogP contribution in [-0.2, 0) is 4.79 Å². The number of nitrogens with one attached hydrogen (secondary N) is 2. The van der Waals surface area contributed by atoms with Gasteiger partial charge in [-0.25, -0.2) is 13.6 Å². The van der Waals surface area contributed by atoms with Crippen LogP contribution in [0.4, 0.5) is 25.0 Å². The zero-order chi connectivity index (χ0) is 23.8. The van der Waals surface area contributed by atoms with Crippen molar-refractivity contribution >= 4 is 45.2 Å². The van der Waals surface area contributed by atoms with Crippen molar-refractivity contribution in [2.75, 3.05) is 56.9 Å². The van der Waals surface area contributed by atoms with E-state index in [0.29, 0.717) is 17.6 Å². The summed E-state index contributed by atoms with van der Waals surface area (Å²) in [5, 5.41) is 5.38. The molecule has 0 unspecified atom stereocenters. The summed E-state index contributed by atoms with van der Waals surface area (Å²) in [5.41, 5.74) is 6.67. The number of halogens is 3. The lowest BCUT2D eigenvalue weighted by Gasteiger charge is -2.30. The molecular formula is C21H27BrF2N6O3. The van der Waals surface area contributed by atoms with Crippen molar-refractivity contribution in [2.24, 2.45) is 0 Å². The number of rotatable bonds is 3. The number of nitrogens with zero attached hydrogens (tertiary/aromatic N) is 3. The fourth-order valence-electron chi connectivity index (χ4n) is 4.48. The van der Waals surface area contributed by atoms with Gasteiger partial charge in [0.05, 0.1) is 23.5 Å². The molecule has 0 bridgehead atoms. The van der Waals surface area contributed by atoms with Crippen LogP contribution in [0.5, 0.6) is 0 Å². The molecule has 1 aromatic carbocycles. The lowest BCUT2D eigenvalue weighted by atomic mass is 10.1. The number of nitrogens with two attached hydrogens (primary N) is 1. The molecule has 3 aliphatic heterocycles. The molecule has 3 fully saturated rings. The van der Waals surface area contributed by atoms with Gasteiger partial charge in [0.15, 0.2) is 0 Å². The minimum absolute atomic E-state index is 0.144. The molecule has 3 saturated heterocycles. The SMILES string of the molecule is Nc1cc(Br)cc(C(=O)N2CCCCC2)c1N[C@H]1CN(C(=O)N2CCNC(=O)C2)CC1(F)F. The molecule has 0 aromatic heterocycles. The number of carbonyl (C=O) groups is 3. The Kier molecular flexibility index (Phi) is 6.64. The fraction of sp³-hybridized carbons (Fsp3) is 0.571. The van der Waals surface area contributed by atoms with E-state index in [1.807, 2.05) is 0 Å². The van der Waals surface area contributed by atoms with Gasteiger partial charge in [-0.15, -0.1) is 0 Å². The molecule has 180 valence electrons. The molecule has 1 aromatic rings. The molecule has 0 aliphatic carbocycles. The number of piperazine rings is 1. The van der Waals surface area contributed by atoms with Crippen LogP contribution in [0.15, 0.2) is 16.6 Å². The topological polar surface area (TPSA) is 111 Å². The highest BCUT2D eigenvalue weighted by Crippen LogP contribution is 2.36. The second kappa shape index (κ2) is 9.32. The lowest BCUT2D eigenvalue weighted by Crippen LogP contribution is -2.53. The summed E-state index contributed by atoms with van der Waals surface area (Å²) in [7, 11) is 0. The maximum atomic E-state index is 14.9. The first-order valence-electron chi connectivity index (χ1n) is 11.0. The van der Waals surface area contributed by atoms with E-state index in [-0.39, 0.29) is 54.9 Å². The highest BCUT2D eigenvalue weighted by atomic mass is 79.9. The number of carbonyl (C=O) groups excluding carboxylic acids is 3. The minimum atomic E-state index is -3.25. The van der Waals surface area contributed by atoms with Gasteiger partial charge in [-0.05, 0) is 31.4 Å². The van der Waals surface area contributed by atoms with E-state index in [1.54, 1.807) is 17.0 Å². The monoisotopic (exact) mass is 528 g/mol. The predicted molar refractivity (Wildman–Crippen MR) is 122 cm³/mol. The summed E-state index contributed by atoms with van der Waals surface area (Å²) in [5.74, 6) is -3.84. The Morgan fingerprint density at radius 2 is 1.85 bits per heavy atom. The zero-order valence-corrected chi connectivity index (χ0v) is 19.7. The molecule has 1 atom stereocenters. The van der Waals surface area contributed by atoms with E-state index in [1.165, 1.54) is 4.90 Å². The quantitative estimate of drug-likeness (QED) is 0.519. The van der Waals surface area contributed by atoms with Crippen LogP contribution in [0.3, 0.4) is 0 Å². The smallest absolute Gasteiger partial charge is 0.320 e. The average molecular weight is 529 g/mol. The molecule has 0 radical (unpaired) electrons. The Bertz CT molecular complexity index is 956. The molecule has 4 rings (SSSR count). The van der Waals surface area contributed by atoms with Gasteiger partial charge >= 0.3 is 6.03 Å². The van der Waals surface area contributed by atoms with Crippen LogP contribution < -0.4 is 16.4 Å². The van der Waals surface area contributed by atoms with Gasteiger partial charge < -0.3 is 31.1 Å². The Labute approximate surface area is 198 Å². The number of hydrogen-bond donors (Lipinski definition) is 3. The molecular weight excluding hydrogens is 502 g/mol. The highest BCUT2D eigenvalue weighted by molar-refractivity contribution is 9.10. The third-order valence-electron chi connectivity index (χ3n) is 6.22. The molecule has 4 N–H and O–H groups in total. The van der Waals surface area contributed by atoms with Crippen LogP contribution in [-0.4, -0.2) is 90.3 Å². The number of likely N-dealkylation sites (tertiary alicyclic amines) is 2. The first-order chi connectivity index (χ1) is 15.7. The number of hydrogen-bond acceptors (Lipinski definition) is 5. The number of amides is 4. The molecule has 4 amide bonds. The van der Waals surface area contributed by atoms with Crippen molar-refractivity contribution in [1.82, 2.24) is 20.0 Å². The van der Waals surface area contributed by atoms with E-state index < -0.39 is 24.5 Å². The maximum absolute atomic E-state index is 14.9. The normalized spacial score (nSPS) is 22.8. The average Bonchev–Trinajstić information content (AvgIpc) is 3.09. The summed E-state index contributed by atoms with van der Waals surface area (Å²) in [6.07, 6.45) is 2.83. The summed E-state index contributed by atoms with van der Waals surface area (Å²) in [6, 6.07) is 1.09. The second-order valence-corrected chi connectivity index (χ2v) is 9.58. The number of nitrogen functional groups attached to an aromatic ring is 1. The first-order valence-corrected chi connectivity index (χ1v) is 11.8. The molecule has 9 nitrogen and oxygen atoms in total. The van der Waals surface area contributed by atoms with E-state index in [0.717, 1.165) is 24.2 Å². The number of anilines is 2. The number of urea groups is 1. The Hall–Kier alpha value is -2.63. The van der Waals surface area contributed by atoms with Crippen molar-refractivity contribution in [2.45, 2.75) is 31.2 Å². The number of benzene rings is 1. The van der Waals surface area contributed by atoms with Gasteiger partial charge in [-0.1, -0.05) is 15.9 Å². The third kappa shape index (κ3) is 4.99. The van der Waals surface area contributed by atoms with Crippen molar-refractivity contribution in [3.63, 3.8) is 0 Å². The van der Waals surface area contributed by atoms with Gasteiger partial charge in [-0.3, -0.25) is 9.59 Å². The standard InChI is InChI=1S/C21H27BrF2N6O3/c22-13-8-14(19(32)28-5-2-1-3-6-28)18(15(25)9-13)27-16-10-30(12-21(16,23)24)20(33)29-7-4-26-17(31)11-29/h8-9,16,27H,1-7,10-12,25H2,(H,26,31)/t16-/m0/s1. The van der Waals surface area contributed by atoms with Gasteiger partial charge in [0, 0.05) is 37.2 Å².